The monoisotopic (exact) mass is 298 g/mol. The standard InChI is InChI=1S/C14H11ClN6/c1-9-12(15)20-14-18-8-19-21(14)13(9)17-7-11-4-2-3-10(5-11)6-16/h2-5,8,17H,7H2,1H3. The van der Waals surface area contributed by atoms with Crippen molar-refractivity contribution in [3.8, 4) is 6.07 Å². The summed E-state index contributed by atoms with van der Waals surface area (Å²) in [6.07, 6.45) is 1.43. The van der Waals surface area contributed by atoms with E-state index in [4.69, 9.17) is 16.9 Å². The molecule has 0 saturated heterocycles. The molecule has 0 radical (unpaired) electrons. The van der Waals surface area contributed by atoms with Crippen LogP contribution in [-0.4, -0.2) is 19.6 Å². The lowest BCUT2D eigenvalue weighted by atomic mass is 10.1. The number of halogens is 1. The normalized spacial score (nSPS) is 10.5. The highest BCUT2D eigenvalue weighted by Gasteiger charge is 2.11. The summed E-state index contributed by atoms with van der Waals surface area (Å²) in [5.74, 6) is 1.18. The van der Waals surface area contributed by atoms with Gasteiger partial charge in [0, 0.05) is 12.1 Å². The Labute approximate surface area is 126 Å². The summed E-state index contributed by atoms with van der Waals surface area (Å²) in [6.45, 7) is 2.41. The Morgan fingerprint density at radius 3 is 3.10 bits per heavy atom. The molecule has 0 aliphatic carbocycles. The smallest absolute Gasteiger partial charge is 0.255 e. The molecule has 3 aromatic rings. The first kappa shape index (κ1) is 13.3. The molecule has 0 aliphatic heterocycles. The number of hydrogen-bond acceptors (Lipinski definition) is 5. The summed E-state index contributed by atoms with van der Waals surface area (Å²) in [6, 6.07) is 9.54. The van der Waals surface area contributed by atoms with Crippen molar-refractivity contribution in [2.24, 2.45) is 0 Å². The highest BCUT2D eigenvalue weighted by atomic mass is 35.5. The maximum Gasteiger partial charge on any atom is 0.255 e. The highest BCUT2D eigenvalue weighted by Crippen LogP contribution is 2.22. The lowest BCUT2D eigenvalue weighted by Gasteiger charge is -2.11. The van der Waals surface area contributed by atoms with Crippen molar-refractivity contribution in [1.82, 2.24) is 19.6 Å². The van der Waals surface area contributed by atoms with Crippen molar-refractivity contribution in [3.05, 3.63) is 52.4 Å². The number of nitrogens with one attached hydrogen (secondary N) is 1. The minimum atomic E-state index is 0.392. The zero-order valence-electron chi connectivity index (χ0n) is 11.2. The second-order valence-electron chi connectivity index (χ2n) is 4.51. The van der Waals surface area contributed by atoms with Gasteiger partial charge in [0.1, 0.15) is 17.3 Å². The minimum Gasteiger partial charge on any atom is -0.366 e. The Morgan fingerprint density at radius 1 is 1.43 bits per heavy atom. The van der Waals surface area contributed by atoms with E-state index in [1.54, 1.807) is 10.6 Å². The van der Waals surface area contributed by atoms with E-state index in [9.17, 15) is 0 Å². The molecule has 0 fully saturated rings. The predicted octanol–water partition coefficient (Wildman–Crippen LogP) is 2.57. The zero-order valence-corrected chi connectivity index (χ0v) is 12.0. The van der Waals surface area contributed by atoms with Crippen LogP contribution >= 0.6 is 11.6 Å². The first-order valence-electron chi connectivity index (χ1n) is 6.28. The molecule has 0 amide bonds. The second-order valence-corrected chi connectivity index (χ2v) is 4.87. The molecule has 104 valence electrons. The predicted molar refractivity (Wildman–Crippen MR) is 79.0 cm³/mol. The summed E-state index contributed by atoms with van der Waals surface area (Å²) in [4.78, 5) is 8.19. The molecule has 7 heteroatoms. The lowest BCUT2D eigenvalue weighted by Crippen LogP contribution is -2.09. The van der Waals surface area contributed by atoms with Crippen LogP contribution in [0.3, 0.4) is 0 Å². The van der Waals surface area contributed by atoms with Crippen molar-refractivity contribution in [1.29, 1.82) is 5.26 Å². The Balaban J connectivity index is 1.93. The molecule has 0 atom stereocenters. The molecule has 1 N–H and O–H groups in total. The number of hydrogen-bond donors (Lipinski definition) is 1. The highest BCUT2D eigenvalue weighted by molar-refractivity contribution is 6.30. The largest absolute Gasteiger partial charge is 0.366 e. The molecule has 0 aliphatic rings. The van der Waals surface area contributed by atoms with Gasteiger partial charge in [-0.05, 0) is 24.6 Å². The molecule has 0 bridgehead atoms. The van der Waals surface area contributed by atoms with Crippen LogP contribution in [0.15, 0.2) is 30.6 Å². The molecule has 3 rings (SSSR count). The van der Waals surface area contributed by atoms with E-state index in [0.29, 0.717) is 23.0 Å². The number of fused-ring (bicyclic) bond motifs is 1. The average molecular weight is 299 g/mol. The number of aromatic nitrogens is 4. The SMILES string of the molecule is Cc1c(Cl)nc2ncnn2c1NCc1cccc(C#N)c1. The second kappa shape index (κ2) is 5.38. The summed E-state index contributed by atoms with van der Waals surface area (Å²) in [5, 5.41) is 16.7. The molecule has 1 aromatic carbocycles. The van der Waals surface area contributed by atoms with E-state index in [1.165, 1.54) is 6.33 Å². The van der Waals surface area contributed by atoms with Gasteiger partial charge in [-0.1, -0.05) is 23.7 Å². The minimum absolute atomic E-state index is 0.392. The quantitative estimate of drug-likeness (QED) is 0.752. The van der Waals surface area contributed by atoms with Crippen molar-refractivity contribution in [2.75, 3.05) is 5.32 Å². The third-order valence-electron chi connectivity index (χ3n) is 3.12. The summed E-state index contributed by atoms with van der Waals surface area (Å²) in [7, 11) is 0. The van der Waals surface area contributed by atoms with Crippen LogP contribution in [-0.2, 0) is 6.54 Å². The van der Waals surface area contributed by atoms with Crippen LogP contribution in [0.5, 0.6) is 0 Å². The van der Waals surface area contributed by atoms with Gasteiger partial charge in [0.15, 0.2) is 0 Å². The lowest BCUT2D eigenvalue weighted by molar-refractivity contribution is 0.914. The fourth-order valence-corrected chi connectivity index (χ4v) is 2.21. The van der Waals surface area contributed by atoms with E-state index in [2.05, 4.69) is 26.5 Å². The zero-order chi connectivity index (χ0) is 14.8. The Bertz CT molecular complexity index is 848. The third-order valence-corrected chi connectivity index (χ3v) is 3.49. The molecular formula is C14H11ClN6. The Hall–Kier alpha value is -2.65. The van der Waals surface area contributed by atoms with Crippen molar-refractivity contribution < 1.29 is 0 Å². The number of rotatable bonds is 3. The molecule has 0 saturated carbocycles. The number of nitriles is 1. The van der Waals surface area contributed by atoms with Gasteiger partial charge < -0.3 is 5.32 Å². The van der Waals surface area contributed by atoms with Crippen molar-refractivity contribution >= 4 is 23.2 Å². The van der Waals surface area contributed by atoms with E-state index in [1.807, 2.05) is 25.1 Å². The van der Waals surface area contributed by atoms with Crippen LogP contribution in [0, 0.1) is 18.3 Å². The molecule has 6 nitrogen and oxygen atoms in total. The number of benzene rings is 1. The van der Waals surface area contributed by atoms with Gasteiger partial charge in [0.2, 0.25) is 0 Å². The van der Waals surface area contributed by atoms with Gasteiger partial charge in [-0.25, -0.2) is 0 Å². The van der Waals surface area contributed by atoms with Gasteiger partial charge in [-0.2, -0.15) is 24.8 Å². The van der Waals surface area contributed by atoms with Crippen LogP contribution in [0.1, 0.15) is 16.7 Å². The van der Waals surface area contributed by atoms with Crippen molar-refractivity contribution in [3.63, 3.8) is 0 Å². The van der Waals surface area contributed by atoms with E-state index in [0.717, 1.165) is 16.9 Å². The Morgan fingerprint density at radius 2 is 2.29 bits per heavy atom. The third kappa shape index (κ3) is 2.51. The van der Waals surface area contributed by atoms with Crippen LogP contribution < -0.4 is 5.32 Å². The Kier molecular flexibility index (Phi) is 3.42. The van der Waals surface area contributed by atoms with Gasteiger partial charge in [-0.3, -0.25) is 0 Å². The van der Waals surface area contributed by atoms with E-state index >= 15 is 0 Å². The molecule has 0 unspecified atom stereocenters. The molecule has 0 spiro atoms. The van der Waals surface area contributed by atoms with Gasteiger partial charge in [0.25, 0.3) is 5.78 Å². The maximum absolute atomic E-state index is 8.92. The van der Waals surface area contributed by atoms with Crippen molar-refractivity contribution in [2.45, 2.75) is 13.5 Å². The fraction of sp³-hybridized carbons (Fsp3) is 0.143. The van der Waals surface area contributed by atoms with Crippen LogP contribution in [0.2, 0.25) is 5.15 Å². The summed E-state index contributed by atoms with van der Waals surface area (Å²) < 4.78 is 1.61. The first-order chi connectivity index (χ1) is 10.2. The summed E-state index contributed by atoms with van der Waals surface area (Å²) in [5.41, 5.74) is 2.42. The molecule has 2 heterocycles. The fourth-order valence-electron chi connectivity index (χ4n) is 2.04. The van der Waals surface area contributed by atoms with E-state index < -0.39 is 0 Å². The average Bonchev–Trinajstić information content (AvgIpc) is 2.95. The molecule has 2 aromatic heterocycles. The van der Waals surface area contributed by atoms with Crippen LogP contribution in [0.25, 0.3) is 5.78 Å². The van der Waals surface area contributed by atoms with Crippen LogP contribution in [0.4, 0.5) is 5.82 Å². The number of anilines is 1. The molecule has 21 heavy (non-hydrogen) atoms. The van der Waals surface area contributed by atoms with Gasteiger partial charge in [-0.15, -0.1) is 0 Å². The maximum atomic E-state index is 8.92. The first-order valence-corrected chi connectivity index (χ1v) is 6.65. The summed E-state index contributed by atoms with van der Waals surface area (Å²) >= 11 is 6.10. The topological polar surface area (TPSA) is 78.9 Å². The van der Waals surface area contributed by atoms with Gasteiger partial charge >= 0.3 is 0 Å². The van der Waals surface area contributed by atoms with E-state index in [-0.39, 0.29) is 0 Å². The molecular weight excluding hydrogens is 288 g/mol. The number of nitrogens with zero attached hydrogens (tertiary/aromatic N) is 5. The van der Waals surface area contributed by atoms with Gasteiger partial charge in [0.05, 0.1) is 11.6 Å².